The summed E-state index contributed by atoms with van der Waals surface area (Å²) in [6.07, 6.45) is 5.23. The molecule has 1 N–H and O–H groups in total. The first-order chi connectivity index (χ1) is 8.61. The molecule has 0 amide bonds. The van der Waals surface area contributed by atoms with Gasteiger partial charge >= 0.3 is 0 Å². The van der Waals surface area contributed by atoms with Gasteiger partial charge in [0.15, 0.2) is 4.77 Å². The number of hydrogen-bond donors (Lipinski definition) is 1. The van der Waals surface area contributed by atoms with Crippen LogP contribution in [-0.4, -0.2) is 24.5 Å². The standard InChI is InChI=1S/C11H16ClN5S/c1-3-8(2)17-10(14-15-11(17)18)4-5-16-7-9(12)6-13-16/h6-8H,3-5H2,1-2H3,(H,15,18). The fraction of sp³-hybridized carbons (Fsp3) is 0.545. The average Bonchev–Trinajstić information content (AvgIpc) is 2.92. The summed E-state index contributed by atoms with van der Waals surface area (Å²) in [7, 11) is 0. The first-order valence-corrected chi connectivity index (χ1v) is 6.74. The average molecular weight is 286 g/mol. The molecule has 0 bridgehead atoms. The maximum absolute atomic E-state index is 5.82. The zero-order valence-corrected chi connectivity index (χ0v) is 12.0. The highest BCUT2D eigenvalue weighted by Gasteiger charge is 2.11. The predicted octanol–water partition coefficient (Wildman–Crippen LogP) is 3.00. The van der Waals surface area contributed by atoms with Crippen molar-refractivity contribution in [3.63, 3.8) is 0 Å². The van der Waals surface area contributed by atoms with Crippen LogP contribution in [0.15, 0.2) is 12.4 Å². The van der Waals surface area contributed by atoms with E-state index in [1.54, 1.807) is 17.1 Å². The first-order valence-electron chi connectivity index (χ1n) is 5.95. The van der Waals surface area contributed by atoms with Gasteiger partial charge in [-0.3, -0.25) is 9.78 Å². The highest BCUT2D eigenvalue weighted by molar-refractivity contribution is 7.71. The molecule has 0 radical (unpaired) electrons. The van der Waals surface area contributed by atoms with Crippen LogP contribution in [0.25, 0.3) is 0 Å². The van der Waals surface area contributed by atoms with E-state index in [-0.39, 0.29) is 0 Å². The molecule has 0 saturated carbocycles. The summed E-state index contributed by atoms with van der Waals surface area (Å²) < 4.78 is 4.56. The van der Waals surface area contributed by atoms with Crippen molar-refractivity contribution in [2.45, 2.75) is 39.3 Å². The van der Waals surface area contributed by atoms with Crippen molar-refractivity contribution in [2.75, 3.05) is 0 Å². The summed E-state index contributed by atoms with van der Waals surface area (Å²) in [5.74, 6) is 0.959. The highest BCUT2D eigenvalue weighted by atomic mass is 35.5. The number of halogens is 1. The summed E-state index contributed by atoms with van der Waals surface area (Å²) >= 11 is 11.1. The number of H-pyrrole nitrogens is 1. The van der Waals surface area contributed by atoms with Gasteiger partial charge in [0.1, 0.15) is 5.82 Å². The van der Waals surface area contributed by atoms with Gasteiger partial charge in [-0.1, -0.05) is 18.5 Å². The zero-order valence-electron chi connectivity index (χ0n) is 10.4. The molecule has 2 rings (SSSR count). The van der Waals surface area contributed by atoms with Gasteiger partial charge in [0.25, 0.3) is 0 Å². The molecule has 1 unspecified atom stereocenters. The molecule has 1 atom stereocenters. The number of nitrogens with one attached hydrogen (secondary N) is 1. The Hall–Kier alpha value is -1.14. The van der Waals surface area contributed by atoms with Crippen LogP contribution in [0.3, 0.4) is 0 Å². The maximum atomic E-state index is 5.82. The van der Waals surface area contributed by atoms with Crippen LogP contribution in [0.4, 0.5) is 0 Å². The third kappa shape index (κ3) is 2.81. The number of aromatic nitrogens is 5. The normalized spacial score (nSPS) is 12.8. The number of aromatic amines is 1. The van der Waals surface area contributed by atoms with Gasteiger partial charge in [0.05, 0.1) is 11.2 Å². The molecule has 18 heavy (non-hydrogen) atoms. The SMILES string of the molecule is CCC(C)n1c(CCn2cc(Cl)cn2)n[nH]c1=S. The van der Waals surface area contributed by atoms with Gasteiger partial charge in [-0.2, -0.15) is 10.2 Å². The topological polar surface area (TPSA) is 51.4 Å². The third-order valence-electron chi connectivity index (χ3n) is 2.98. The second kappa shape index (κ2) is 5.67. The molecular weight excluding hydrogens is 270 g/mol. The van der Waals surface area contributed by atoms with E-state index in [9.17, 15) is 0 Å². The molecule has 0 aromatic carbocycles. The number of aryl methyl sites for hydroxylation is 2. The maximum Gasteiger partial charge on any atom is 0.195 e. The van der Waals surface area contributed by atoms with E-state index >= 15 is 0 Å². The Balaban J connectivity index is 2.12. The lowest BCUT2D eigenvalue weighted by Gasteiger charge is -2.13. The minimum absolute atomic E-state index is 0.354. The van der Waals surface area contributed by atoms with Crippen LogP contribution >= 0.6 is 23.8 Å². The lowest BCUT2D eigenvalue weighted by molar-refractivity contribution is 0.488. The van der Waals surface area contributed by atoms with Crippen LogP contribution in [0.5, 0.6) is 0 Å². The Morgan fingerprint density at radius 3 is 2.94 bits per heavy atom. The van der Waals surface area contributed by atoms with E-state index in [2.05, 4.69) is 33.7 Å². The molecule has 0 aliphatic rings. The third-order valence-corrected chi connectivity index (χ3v) is 3.46. The van der Waals surface area contributed by atoms with Crippen LogP contribution in [-0.2, 0) is 13.0 Å². The van der Waals surface area contributed by atoms with Gasteiger partial charge < -0.3 is 4.57 Å². The van der Waals surface area contributed by atoms with Gasteiger partial charge in [0, 0.05) is 25.2 Å². The molecule has 2 heterocycles. The van der Waals surface area contributed by atoms with E-state index in [4.69, 9.17) is 23.8 Å². The largest absolute Gasteiger partial charge is 0.301 e. The summed E-state index contributed by atoms with van der Waals surface area (Å²) in [5, 5.41) is 11.9. The summed E-state index contributed by atoms with van der Waals surface area (Å²) in [6.45, 7) is 5.01. The molecule has 2 aromatic heterocycles. The van der Waals surface area contributed by atoms with Crippen molar-refractivity contribution < 1.29 is 0 Å². The molecule has 5 nitrogen and oxygen atoms in total. The monoisotopic (exact) mass is 285 g/mol. The van der Waals surface area contributed by atoms with Crippen LogP contribution in [0.2, 0.25) is 5.02 Å². The van der Waals surface area contributed by atoms with Crippen molar-refractivity contribution in [1.82, 2.24) is 24.5 Å². The summed E-state index contributed by atoms with van der Waals surface area (Å²) in [5.41, 5.74) is 0. The second-order valence-electron chi connectivity index (χ2n) is 4.24. The minimum atomic E-state index is 0.354. The number of nitrogens with zero attached hydrogens (tertiary/aromatic N) is 4. The molecule has 2 aromatic rings. The van der Waals surface area contributed by atoms with Crippen LogP contribution < -0.4 is 0 Å². The van der Waals surface area contributed by atoms with Crippen molar-refractivity contribution in [3.05, 3.63) is 28.0 Å². The van der Waals surface area contributed by atoms with Crippen LogP contribution in [0.1, 0.15) is 32.1 Å². The summed E-state index contributed by atoms with van der Waals surface area (Å²) in [4.78, 5) is 0. The smallest absolute Gasteiger partial charge is 0.195 e. The van der Waals surface area contributed by atoms with Crippen molar-refractivity contribution in [3.8, 4) is 0 Å². The molecule has 0 fully saturated rings. The number of hydrogen-bond acceptors (Lipinski definition) is 3. The van der Waals surface area contributed by atoms with E-state index in [1.807, 2.05) is 0 Å². The molecule has 0 aliphatic carbocycles. The van der Waals surface area contributed by atoms with Gasteiger partial charge in [-0.05, 0) is 25.6 Å². The fourth-order valence-electron chi connectivity index (χ4n) is 1.83. The Kier molecular flexibility index (Phi) is 4.19. The van der Waals surface area contributed by atoms with E-state index in [0.717, 1.165) is 25.2 Å². The lowest BCUT2D eigenvalue weighted by atomic mass is 10.2. The fourth-order valence-corrected chi connectivity index (χ4v) is 2.31. The van der Waals surface area contributed by atoms with Gasteiger partial charge in [0.2, 0.25) is 0 Å². The Bertz CT molecular complexity index is 570. The van der Waals surface area contributed by atoms with Crippen LogP contribution in [0, 0.1) is 4.77 Å². The number of rotatable bonds is 5. The van der Waals surface area contributed by atoms with Crippen molar-refractivity contribution in [2.24, 2.45) is 0 Å². The van der Waals surface area contributed by atoms with Gasteiger partial charge in [-0.25, -0.2) is 0 Å². The molecular formula is C11H16ClN5S. The quantitative estimate of drug-likeness (QED) is 0.859. The Morgan fingerprint density at radius 1 is 1.56 bits per heavy atom. The van der Waals surface area contributed by atoms with Gasteiger partial charge in [-0.15, -0.1) is 0 Å². The van der Waals surface area contributed by atoms with Crippen molar-refractivity contribution >= 4 is 23.8 Å². The lowest BCUT2D eigenvalue weighted by Crippen LogP contribution is -2.11. The molecule has 98 valence electrons. The molecule has 0 aliphatic heterocycles. The molecule has 0 spiro atoms. The Morgan fingerprint density at radius 2 is 2.33 bits per heavy atom. The second-order valence-corrected chi connectivity index (χ2v) is 5.07. The van der Waals surface area contributed by atoms with Crippen molar-refractivity contribution in [1.29, 1.82) is 0 Å². The Labute approximate surface area is 116 Å². The van der Waals surface area contributed by atoms with E-state index < -0.39 is 0 Å². The first kappa shape index (κ1) is 13.3. The van der Waals surface area contributed by atoms with E-state index in [1.165, 1.54) is 0 Å². The van der Waals surface area contributed by atoms with E-state index in [0.29, 0.717) is 15.8 Å². The summed E-state index contributed by atoms with van der Waals surface area (Å²) in [6, 6.07) is 0.354. The highest BCUT2D eigenvalue weighted by Crippen LogP contribution is 2.14. The molecule has 7 heteroatoms. The predicted molar refractivity (Wildman–Crippen MR) is 73.4 cm³/mol. The minimum Gasteiger partial charge on any atom is -0.301 e. The zero-order chi connectivity index (χ0) is 13.1. The molecule has 0 saturated heterocycles.